The molecule has 4 aromatic rings. The molecular formula is C19H16N4O3. The van der Waals surface area contributed by atoms with Crippen LogP contribution in [-0.2, 0) is 13.2 Å². The van der Waals surface area contributed by atoms with E-state index in [1.54, 1.807) is 29.1 Å². The summed E-state index contributed by atoms with van der Waals surface area (Å²) in [6, 6.07) is 13.3. The maximum absolute atomic E-state index is 12.6. The molecular weight excluding hydrogens is 332 g/mol. The van der Waals surface area contributed by atoms with Gasteiger partial charge in [0.25, 0.3) is 5.91 Å². The lowest BCUT2D eigenvalue weighted by Gasteiger charge is -2.05. The first-order valence-corrected chi connectivity index (χ1v) is 8.09. The first-order valence-electron chi connectivity index (χ1n) is 8.09. The standard InChI is InChI=1S/C19H16N4O3/c24-11-14-12-26-19(23(14)10-13-5-2-1-3-6-13)22-18(25)16-9-21-17-15(16)7-4-8-20-17/h1-9,12,24H,10-11H2,(H,20,21). The van der Waals surface area contributed by atoms with Crippen molar-refractivity contribution in [2.45, 2.75) is 13.2 Å². The van der Waals surface area contributed by atoms with E-state index >= 15 is 0 Å². The van der Waals surface area contributed by atoms with Crippen LogP contribution in [0.5, 0.6) is 0 Å². The molecule has 1 aromatic carbocycles. The average Bonchev–Trinajstić information content (AvgIpc) is 3.27. The van der Waals surface area contributed by atoms with Crippen molar-refractivity contribution in [3.63, 3.8) is 0 Å². The molecule has 4 rings (SSSR count). The van der Waals surface area contributed by atoms with Crippen molar-refractivity contribution >= 4 is 16.9 Å². The van der Waals surface area contributed by atoms with Crippen LogP contribution < -0.4 is 5.68 Å². The number of pyridine rings is 1. The van der Waals surface area contributed by atoms with E-state index in [0.717, 1.165) is 5.56 Å². The van der Waals surface area contributed by atoms with E-state index in [0.29, 0.717) is 28.8 Å². The summed E-state index contributed by atoms with van der Waals surface area (Å²) < 4.78 is 7.11. The largest absolute Gasteiger partial charge is 0.431 e. The molecule has 0 saturated heterocycles. The Morgan fingerprint density at radius 3 is 2.88 bits per heavy atom. The highest BCUT2D eigenvalue weighted by molar-refractivity contribution is 6.06. The molecule has 7 heteroatoms. The van der Waals surface area contributed by atoms with Crippen LogP contribution in [-0.4, -0.2) is 25.5 Å². The lowest BCUT2D eigenvalue weighted by atomic mass is 10.2. The second-order valence-corrected chi connectivity index (χ2v) is 5.76. The zero-order valence-corrected chi connectivity index (χ0v) is 13.8. The molecule has 130 valence electrons. The van der Waals surface area contributed by atoms with Gasteiger partial charge in [-0.05, 0) is 17.7 Å². The molecule has 0 fully saturated rings. The van der Waals surface area contributed by atoms with Crippen LogP contribution in [0, 0.1) is 0 Å². The number of benzene rings is 1. The van der Waals surface area contributed by atoms with Crippen molar-refractivity contribution in [3.05, 3.63) is 83.6 Å². The van der Waals surface area contributed by atoms with Crippen LogP contribution in [0.15, 0.2) is 70.5 Å². The zero-order chi connectivity index (χ0) is 17.9. The number of H-pyrrole nitrogens is 1. The summed E-state index contributed by atoms with van der Waals surface area (Å²) in [7, 11) is 0. The number of aromatic amines is 1. The minimum Gasteiger partial charge on any atom is -0.431 e. The van der Waals surface area contributed by atoms with E-state index in [1.807, 2.05) is 30.3 Å². The fourth-order valence-electron chi connectivity index (χ4n) is 2.80. The molecule has 0 spiro atoms. The van der Waals surface area contributed by atoms with Crippen molar-refractivity contribution in [2.24, 2.45) is 4.99 Å². The van der Waals surface area contributed by atoms with Gasteiger partial charge in [0.2, 0.25) is 0 Å². The van der Waals surface area contributed by atoms with E-state index in [4.69, 9.17) is 4.42 Å². The lowest BCUT2D eigenvalue weighted by molar-refractivity contribution is 0.0994. The predicted molar refractivity (Wildman–Crippen MR) is 94.2 cm³/mol. The number of aliphatic hydroxyl groups excluding tert-OH is 1. The molecule has 0 radical (unpaired) electrons. The van der Waals surface area contributed by atoms with Crippen molar-refractivity contribution in [1.29, 1.82) is 0 Å². The van der Waals surface area contributed by atoms with Crippen molar-refractivity contribution in [3.8, 4) is 0 Å². The molecule has 0 unspecified atom stereocenters. The summed E-state index contributed by atoms with van der Waals surface area (Å²) in [6.45, 7) is 0.228. The SMILES string of the molecule is O=C(N=c1occ(CO)n1Cc1ccccc1)c1c[nH]c2ncccc12. The van der Waals surface area contributed by atoms with Gasteiger partial charge >= 0.3 is 5.68 Å². The van der Waals surface area contributed by atoms with E-state index in [-0.39, 0.29) is 12.3 Å². The molecule has 0 saturated carbocycles. The van der Waals surface area contributed by atoms with Gasteiger partial charge in [0.1, 0.15) is 11.9 Å². The molecule has 26 heavy (non-hydrogen) atoms. The maximum atomic E-state index is 12.6. The smallest absolute Gasteiger partial charge is 0.305 e. The Bertz CT molecular complexity index is 1120. The Morgan fingerprint density at radius 2 is 2.08 bits per heavy atom. The van der Waals surface area contributed by atoms with E-state index < -0.39 is 5.91 Å². The number of amides is 1. The van der Waals surface area contributed by atoms with E-state index in [1.165, 1.54) is 6.26 Å². The van der Waals surface area contributed by atoms with Crippen molar-refractivity contribution < 1.29 is 14.3 Å². The van der Waals surface area contributed by atoms with Gasteiger partial charge in [0.05, 0.1) is 24.4 Å². The predicted octanol–water partition coefficient (Wildman–Crippen LogP) is 2.24. The van der Waals surface area contributed by atoms with Gasteiger partial charge in [-0.1, -0.05) is 30.3 Å². The third-order valence-corrected chi connectivity index (χ3v) is 4.10. The lowest BCUT2D eigenvalue weighted by Crippen LogP contribution is -2.21. The number of nitrogens with one attached hydrogen (secondary N) is 1. The summed E-state index contributed by atoms with van der Waals surface area (Å²) >= 11 is 0. The summed E-state index contributed by atoms with van der Waals surface area (Å²) in [5, 5.41) is 10.2. The van der Waals surface area contributed by atoms with Crippen LogP contribution in [0.2, 0.25) is 0 Å². The second kappa shape index (κ2) is 6.81. The number of hydrogen-bond donors (Lipinski definition) is 2. The van der Waals surface area contributed by atoms with Gasteiger partial charge < -0.3 is 14.5 Å². The highest BCUT2D eigenvalue weighted by Gasteiger charge is 2.14. The Hall–Kier alpha value is -3.45. The molecule has 0 aliphatic heterocycles. The first kappa shape index (κ1) is 16.0. The fourth-order valence-corrected chi connectivity index (χ4v) is 2.80. The minimum atomic E-state index is -0.440. The third-order valence-electron chi connectivity index (χ3n) is 4.10. The van der Waals surface area contributed by atoms with Gasteiger partial charge in [-0.3, -0.25) is 9.36 Å². The number of rotatable bonds is 4. The Kier molecular flexibility index (Phi) is 4.20. The van der Waals surface area contributed by atoms with Crippen LogP contribution in [0.3, 0.4) is 0 Å². The molecule has 2 N–H and O–H groups in total. The number of fused-ring (bicyclic) bond motifs is 1. The van der Waals surface area contributed by atoms with E-state index in [9.17, 15) is 9.90 Å². The van der Waals surface area contributed by atoms with Crippen molar-refractivity contribution in [1.82, 2.24) is 14.5 Å². The number of carbonyl (C=O) groups excluding carboxylic acids is 1. The van der Waals surface area contributed by atoms with Gasteiger partial charge in [-0.15, -0.1) is 0 Å². The number of nitrogens with zero attached hydrogens (tertiary/aromatic N) is 3. The van der Waals surface area contributed by atoms with Crippen LogP contribution >= 0.6 is 0 Å². The number of carbonyl (C=O) groups is 1. The summed E-state index contributed by atoms with van der Waals surface area (Å²) in [5.41, 5.74) is 2.73. The molecule has 3 aromatic heterocycles. The Balaban J connectivity index is 1.75. The van der Waals surface area contributed by atoms with Gasteiger partial charge in [0, 0.05) is 17.8 Å². The topological polar surface area (TPSA) is 96.4 Å². The van der Waals surface area contributed by atoms with Crippen LogP contribution in [0.4, 0.5) is 0 Å². The van der Waals surface area contributed by atoms with Crippen molar-refractivity contribution in [2.75, 3.05) is 0 Å². The zero-order valence-electron chi connectivity index (χ0n) is 13.8. The van der Waals surface area contributed by atoms with Gasteiger partial charge in [-0.2, -0.15) is 4.99 Å². The first-order chi connectivity index (χ1) is 12.8. The Morgan fingerprint density at radius 1 is 1.23 bits per heavy atom. The minimum absolute atomic E-state index is 0.140. The maximum Gasteiger partial charge on any atom is 0.305 e. The van der Waals surface area contributed by atoms with Gasteiger partial charge in [-0.25, -0.2) is 4.98 Å². The molecule has 7 nitrogen and oxygen atoms in total. The van der Waals surface area contributed by atoms with E-state index in [2.05, 4.69) is 15.0 Å². The third kappa shape index (κ3) is 2.96. The van der Waals surface area contributed by atoms with Crippen LogP contribution in [0.25, 0.3) is 11.0 Å². The normalized spacial score (nSPS) is 12.0. The van der Waals surface area contributed by atoms with Gasteiger partial charge in [0.15, 0.2) is 0 Å². The monoisotopic (exact) mass is 348 g/mol. The molecule has 0 bridgehead atoms. The summed E-state index contributed by atoms with van der Waals surface area (Å²) in [5.74, 6) is -0.440. The van der Waals surface area contributed by atoms with Crippen LogP contribution in [0.1, 0.15) is 21.6 Å². The molecule has 1 amide bonds. The number of oxazole rings is 1. The molecule has 3 heterocycles. The molecule has 0 aliphatic carbocycles. The fraction of sp³-hybridized carbons (Fsp3) is 0.105. The highest BCUT2D eigenvalue weighted by Crippen LogP contribution is 2.16. The summed E-state index contributed by atoms with van der Waals surface area (Å²) in [4.78, 5) is 23.9. The number of aromatic nitrogens is 3. The Labute approximate surface area is 148 Å². The highest BCUT2D eigenvalue weighted by atomic mass is 16.3. The number of aliphatic hydroxyl groups is 1. The average molecular weight is 348 g/mol. The second-order valence-electron chi connectivity index (χ2n) is 5.76. The molecule has 0 atom stereocenters. The summed E-state index contributed by atoms with van der Waals surface area (Å²) in [6.07, 6.45) is 4.64. The number of hydrogen-bond acceptors (Lipinski definition) is 4. The molecule has 0 aliphatic rings. The quantitative estimate of drug-likeness (QED) is 0.591.